The van der Waals surface area contributed by atoms with Crippen LogP contribution >= 0.6 is 0 Å². The van der Waals surface area contributed by atoms with Crippen molar-refractivity contribution in [3.63, 3.8) is 0 Å². The Morgan fingerprint density at radius 3 is 2.33 bits per heavy atom. The number of hydrogen-bond acceptors (Lipinski definition) is 6. The first kappa shape index (κ1) is 20.1. The average Bonchev–Trinajstić information content (AvgIpc) is 2.84. The monoisotopic (exact) mass is 443 g/mol. The van der Waals surface area contributed by atoms with Crippen molar-refractivity contribution in [2.45, 2.75) is 33.0 Å². The molecule has 3 aromatic carbocycles. The quantitative estimate of drug-likeness (QED) is 0.486. The molecule has 3 N–H and O–H groups in total. The van der Waals surface area contributed by atoms with Gasteiger partial charge in [0.1, 0.15) is 36.1 Å². The average molecular weight is 444 g/mol. The summed E-state index contributed by atoms with van der Waals surface area (Å²) in [5.41, 5.74) is 8.97. The fourth-order valence-electron chi connectivity index (χ4n) is 5.08. The Morgan fingerprint density at radius 1 is 0.727 bits per heavy atom. The highest BCUT2D eigenvalue weighted by Gasteiger charge is 2.29. The Morgan fingerprint density at radius 2 is 1.45 bits per heavy atom. The second-order valence-corrected chi connectivity index (χ2v) is 9.06. The van der Waals surface area contributed by atoms with Gasteiger partial charge in [-0.25, -0.2) is 0 Å². The van der Waals surface area contributed by atoms with Gasteiger partial charge in [0.05, 0.1) is 30.2 Å². The first-order chi connectivity index (χ1) is 16.1. The molecule has 0 radical (unpaired) electrons. The SMILES string of the molecule is Cc1ccc2c(c1)OC(c1ccc3c(c1C)OC(c1ccc4c(c1C)NCCO4)CN3)CN2. The van der Waals surface area contributed by atoms with Crippen molar-refractivity contribution in [1.82, 2.24) is 0 Å². The number of anilines is 3. The largest absolute Gasteiger partial charge is 0.490 e. The van der Waals surface area contributed by atoms with Crippen LogP contribution in [0, 0.1) is 20.8 Å². The van der Waals surface area contributed by atoms with Gasteiger partial charge >= 0.3 is 0 Å². The standard InChI is InChI=1S/C27H29N3O3/c1-15-4-7-20-23(12-15)32-24(13-29-20)19-5-8-21-27(17(19)3)33-25(14-30-21)18-6-9-22-26(16(18)2)28-10-11-31-22/h4-9,12,24-25,28-30H,10-11,13-14H2,1-3H3. The van der Waals surface area contributed by atoms with E-state index in [-0.39, 0.29) is 12.2 Å². The molecule has 3 aromatic rings. The minimum Gasteiger partial charge on any atom is -0.490 e. The fraction of sp³-hybridized carbons (Fsp3) is 0.333. The molecule has 0 saturated carbocycles. The maximum Gasteiger partial charge on any atom is 0.146 e. The second kappa shape index (κ2) is 7.80. The molecule has 3 aliphatic rings. The van der Waals surface area contributed by atoms with Crippen molar-refractivity contribution < 1.29 is 14.2 Å². The molecule has 0 aromatic heterocycles. The van der Waals surface area contributed by atoms with E-state index < -0.39 is 0 Å². The van der Waals surface area contributed by atoms with Gasteiger partial charge in [-0.3, -0.25) is 0 Å². The Labute approximate surface area is 194 Å². The van der Waals surface area contributed by atoms with Gasteiger partial charge in [-0.05, 0) is 61.7 Å². The summed E-state index contributed by atoms with van der Waals surface area (Å²) in [7, 11) is 0. The highest BCUT2D eigenvalue weighted by Crippen LogP contribution is 2.44. The number of nitrogens with one attached hydrogen (secondary N) is 3. The molecule has 0 bridgehead atoms. The molecule has 2 unspecified atom stereocenters. The van der Waals surface area contributed by atoms with Crippen molar-refractivity contribution in [2.75, 3.05) is 42.2 Å². The van der Waals surface area contributed by atoms with Gasteiger partial charge in [-0.1, -0.05) is 18.2 Å². The molecule has 0 saturated heterocycles. The van der Waals surface area contributed by atoms with Gasteiger partial charge in [0, 0.05) is 17.7 Å². The van der Waals surface area contributed by atoms with Crippen LogP contribution in [-0.2, 0) is 0 Å². The van der Waals surface area contributed by atoms with E-state index in [1.807, 2.05) is 6.07 Å². The second-order valence-electron chi connectivity index (χ2n) is 9.06. The summed E-state index contributed by atoms with van der Waals surface area (Å²) in [4.78, 5) is 0. The third-order valence-corrected chi connectivity index (χ3v) is 6.89. The minimum absolute atomic E-state index is 0.0691. The maximum absolute atomic E-state index is 6.63. The van der Waals surface area contributed by atoms with Gasteiger partial charge in [-0.2, -0.15) is 0 Å². The predicted octanol–water partition coefficient (Wildman–Crippen LogP) is 5.51. The Bertz CT molecular complexity index is 1240. The molecule has 6 nitrogen and oxygen atoms in total. The lowest BCUT2D eigenvalue weighted by atomic mass is 9.96. The smallest absolute Gasteiger partial charge is 0.146 e. The lowest BCUT2D eigenvalue weighted by Gasteiger charge is -2.33. The van der Waals surface area contributed by atoms with Gasteiger partial charge in [0.25, 0.3) is 0 Å². The lowest BCUT2D eigenvalue weighted by Crippen LogP contribution is -2.28. The fourth-order valence-corrected chi connectivity index (χ4v) is 5.08. The normalized spacial score (nSPS) is 20.3. The molecule has 2 atom stereocenters. The van der Waals surface area contributed by atoms with Crippen molar-refractivity contribution >= 4 is 17.1 Å². The molecule has 0 spiro atoms. The zero-order chi connectivity index (χ0) is 22.5. The van der Waals surface area contributed by atoms with Crippen LogP contribution in [0.5, 0.6) is 17.2 Å². The van der Waals surface area contributed by atoms with Gasteiger partial charge in [-0.15, -0.1) is 0 Å². The van der Waals surface area contributed by atoms with E-state index in [4.69, 9.17) is 14.2 Å². The molecule has 33 heavy (non-hydrogen) atoms. The van der Waals surface area contributed by atoms with E-state index in [0.717, 1.165) is 65.1 Å². The van der Waals surface area contributed by atoms with Crippen molar-refractivity contribution in [1.29, 1.82) is 0 Å². The third-order valence-electron chi connectivity index (χ3n) is 6.89. The topological polar surface area (TPSA) is 63.8 Å². The van der Waals surface area contributed by atoms with Crippen molar-refractivity contribution in [2.24, 2.45) is 0 Å². The van der Waals surface area contributed by atoms with Crippen LogP contribution in [0.3, 0.4) is 0 Å². The number of ether oxygens (including phenoxy) is 3. The summed E-state index contributed by atoms with van der Waals surface area (Å²) in [6.45, 7) is 9.32. The zero-order valence-corrected chi connectivity index (χ0v) is 19.2. The zero-order valence-electron chi connectivity index (χ0n) is 19.2. The van der Waals surface area contributed by atoms with Crippen LogP contribution in [0.15, 0.2) is 42.5 Å². The number of aryl methyl sites for hydroxylation is 1. The summed E-state index contributed by atoms with van der Waals surface area (Å²) in [6, 6.07) is 14.7. The van der Waals surface area contributed by atoms with E-state index in [1.54, 1.807) is 0 Å². The lowest BCUT2D eigenvalue weighted by molar-refractivity contribution is 0.198. The summed E-state index contributed by atoms with van der Waals surface area (Å²) in [5, 5.41) is 10.6. The first-order valence-electron chi connectivity index (χ1n) is 11.6. The number of hydrogen-bond donors (Lipinski definition) is 3. The summed E-state index contributed by atoms with van der Waals surface area (Å²) < 4.78 is 18.8. The van der Waals surface area contributed by atoms with Crippen LogP contribution in [0.25, 0.3) is 0 Å². The first-order valence-corrected chi connectivity index (χ1v) is 11.6. The molecular weight excluding hydrogens is 414 g/mol. The van der Waals surface area contributed by atoms with E-state index in [2.05, 4.69) is 73.1 Å². The van der Waals surface area contributed by atoms with Crippen LogP contribution in [0.2, 0.25) is 0 Å². The summed E-state index contributed by atoms with van der Waals surface area (Å²) in [6.07, 6.45) is -0.144. The molecule has 170 valence electrons. The van der Waals surface area contributed by atoms with E-state index in [9.17, 15) is 0 Å². The molecule has 0 aliphatic carbocycles. The van der Waals surface area contributed by atoms with Crippen molar-refractivity contribution in [3.8, 4) is 17.2 Å². The third kappa shape index (κ3) is 3.41. The van der Waals surface area contributed by atoms with Gasteiger partial charge < -0.3 is 30.2 Å². The van der Waals surface area contributed by atoms with Crippen LogP contribution < -0.4 is 30.2 Å². The van der Waals surface area contributed by atoms with Crippen LogP contribution in [-0.4, -0.2) is 26.2 Å². The van der Waals surface area contributed by atoms with Crippen LogP contribution in [0.1, 0.15) is 40.0 Å². The van der Waals surface area contributed by atoms with Crippen LogP contribution in [0.4, 0.5) is 17.1 Å². The minimum atomic E-state index is -0.0748. The number of benzene rings is 3. The molecule has 3 heterocycles. The van der Waals surface area contributed by atoms with E-state index in [0.29, 0.717) is 6.61 Å². The predicted molar refractivity (Wildman–Crippen MR) is 131 cm³/mol. The highest BCUT2D eigenvalue weighted by atomic mass is 16.5. The van der Waals surface area contributed by atoms with Crippen molar-refractivity contribution in [3.05, 3.63) is 70.3 Å². The van der Waals surface area contributed by atoms with Gasteiger partial charge in [0.2, 0.25) is 0 Å². The van der Waals surface area contributed by atoms with Gasteiger partial charge in [0.15, 0.2) is 0 Å². The molecule has 0 fully saturated rings. The van der Waals surface area contributed by atoms with E-state index >= 15 is 0 Å². The number of rotatable bonds is 2. The molecule has 0 amide bonds. The Hall–Kier alpha value is -3.54. The molecule has 6 heteroatoms. The molecule has 6 rings (SSSR count). The maximum atomic E-state index is 6.63. The number of fused-ring (bicyclic) bond motifs is 3. The highest BCUT2D eigenvalue weighted by molar-refractivity contribution is 5.68. The Kier molecular flexibility index (Phi) is 4.75. The summed E-state index contributed by atoms with van der Waals surface area (Å²) >= 11 is 0. The Balaban J connectivity index is 1.30. The molecular formula is C27H29N3O3. The van der Waals surface area contributed by atoms with E-state index in [1.165, 1.54) is 16.7 Å². The summed E-state index contributed by atoms with van der Waals surface area (Å²) in [5.74, 6) is 2.73. The molecule has 3 aliphatic heterocycles.